The van der Waals surface area contributed by atoms with Gasteiger partial charge in [0.2, 0.25) is 0 Å². The third kappa shape index (κ3) is 3.90. The zero-order valence-electron chi connectivity index (χ0n) is 14.8. The molecule has 28 heavy (non-hydrogen) atoms. The molecule has 0 radical (unpaired) electrons. The van der Waals surface area contributed by atoms with E-state index in [-0.39, 0.29) is 6.42 Å². The Hall–Kier alpha value is -2.39. The molecule has 1 atom stereocenters. The lowest BCUT2D eigenvalue weighted by molar-refractivity contribution is -0.0734. The molecule has 0 aliphatic carbocycles. The number of rotatable bonds is 5. The van der Waals surface area contributed by atoms with E-state index in [2.05, 4.69) is 25.5 Å². The van der Waals surface area contributed by atoms with Gasteiger partial charge in [-0.05, 0) is 30.5 Å². The van der Waals surface area contributed by atoms with Crippen LogP contribution in [0.5, 0.6) is 0 Å². The summed E-state index contributed by atoms with van der Waals surface area (Å²) >= 11 is 5.74. The van der Waals surface area contributed by atoms with E-state index in [1.54, 1.807) is 17.0 Å². The summed E-state index contributed by atoms with van der Waals surface area (Å²) in [5.74, 6) is -3.04. The summed E-state index contributed by atoms with van der Waals surface area (Å²) in [5.41, 5.74) is 0.958. The van der Waals surface area contributed by atoms with Crippen molar-refractivity contribution in [1.29, 1.82) is 0 Å². The number of nitrogens with zero attached hydrogens (tertiary/aromatic N) is 4. The minimum Gasteiger partial charge on any atom is -0.360 e. The van der Waals surface area contributed by atoms with Gasteiger partial charge in [-0.3, -0.25) is 10.00 Å². The lowest BCUT2D eigenvalue weighted by Gasteiger charge is -2.38. The molecule has 1 aliphatic rings. The fourth-order valence-electron chi connectivity index (χ4n) is 3.43. The summed E-state index contributed by atoms with van der Waals surface area (Å²) < 4.78 is 43.3. The molecule has 1 saturated heterocycles. The third-order valence-corrected chi connectivity index (χ3v) is 5.18. The molecule has 3 heterocycles. The smallest absolute Gasteiger partial charge is 0.280 e. The number of hydrogen-bond donors (Lipinski definition) is 2. The van der Waals surface area contributed by atoms with Crippen LogP contribution in [-0.2, 0) is 6.42 Å². The van der Waals surface area contributed by atoms with E-state index in [0.29, 0.717) is 46.9 Å². The SMILES string of the molecule is Fc1cc(Cl)ccc1CCN1CC[C@H](Nc2ncnc3[nH]ncc23)C(F)(F)C1. The van der Waals surface area contributed by atoms with Crippen LogP contribution in [0.1, 0.15) is 12.0 Å². The Kier molecular flexibility index (Phi) is 5.11. The van der Waals surface area contributed by atoms with Crippen molar-refractivity contribution in [2.24, 2.45) is 0 Å². The summed E-state index contributed by atoms with van der Waals surface area (Å²) in [6.07, 6.45) is 3.39. The standard InChI is InChI=1S/C18H18ClF3N6/c19-12-2-1-11(14(20)7-12)3-5-28-6-4-15(18(21,22)9-28)26-16-13-8-25-27-17(13)24-10-23-16/h1-2,7-8,10,15H,3-6,9H2,(H2,23,24,25,26,27)/t15-/m0/s1. The highest BCUT2D eigenvalue weighted by molar-refractivity contribution is 6.30. The van der Waals surface area contributed by atoms with Gasteiger partial charge in [-0.25, -0.2) is 23.1 Å². The number of aromatic nitrogens is 4. The average Bonchev–Trinajstić information content (AvgIpc) is 3.12. The summed E-state index contributed by atoms with van der Waals surface area (Å²) in [6, 6.07) is 3.38. The zero-order chi connectivity index (χ0) is 19.7. The molecular weight excluding hydrogens is 393 g/mol. The second-order valence-corrected chi connectivity index (χ2v) is 7.30. The maximum absolute atomic E-state index is 14.7. The normalized spacial score (nSPS) is 19.8. The number of H-pyrrole nitrogens is 1. The number of fused-ring (bicyclic) bond motifs is 1. The summed E-state index contributed by atoms with van der Waals surface area (Å²) in [7, 11) is 0. The van der Waals surface area contributed by atoms with Crippen molar-refractivity contribution < 1.29 is 13.2 Å². The second kappa shape index (κ2) is 7.56. The Morgan fingerprint density at radius 1 is 1.32 bits per heavy atom. The topological polar surface area (TPSA) is 69.7 Å². The highest BCUT2D eigenvalue weighted by Gasteiger charge is 2.44. The largest absolute Gasteiger partial charge is 0.360 e. The summed E-state index contributed by atoms with van der Waals surface area (Å²) in [5, 5.41) is 10.3. The van der Waals surface area contributed by atoms with Crippen LogP contribution in [0.4, 0.5) is 19.0 Å². The van der Waals surface area contributed by atoms with Gasteiger partial charge >= 0.3 is 0 Å². The van der Waals surface area contributed by atoms with Gasteiger partial charge in [0.1, 0.15) is 18.0 Å². The summed E-state index contributed by atoms with van der Waals surface area (Å²) in [4.78, 5) is 9.73. The number of likely N-dealkylation sites (tertiary alicyclic amines) is 1. The van der Waals surface area contributed by atoms with Crippen LogP contribution in [-0.4, -0.2) is 56.7 Å². The van der Waals surface area contributed by atoms with Gasteiger partial charge in [0.05, 0.1) is 24.2 Å². The van der Waals surface area contributed by atoms with Crippen molar-refractivity contribution in [3.05, 3.63) is 47.1 Å². The van der Waals surface area contributed by atoms with Crippen LogP contribution in [0.3, 0.4) is 0 Å². The molecule has 4 rings (SSSR count). The van der Waals surface area contributed by atoms with Crippen molar-refractivity contribution >= 4 is 28.5 Å². The first-order valence-electron chi connectivity index (χ1n) is 8.87. The predicted octanol–water partition coefficient (Wildman–Crippen LogP) is 3.51. The van der Waals surface area contributed by atoms with Crippen LogP contribution in [0.25, 0.3) is 11.0 Å². The van der Waals surface area contributed by atoms with Crippen molar-refractivity contribution in [2.75, 3.05) is 25.0 Å². The van der Waals surface area contributed by atoms with Gasteiger partial charge in [-0.2, -0.15) is 5.10 Å². The van der Waals surface area contributed by atoms with Crippen LogP contribution >= 0.6 is 11.6 Å². The molecule has 3 aromatic rings. The molecule has 2 N–H and O–H groups in total. The Morgan fingerprint density at radius 2 is 2.18 bits per heavy atom. The molecule has 1 aliphatic heterocycles. The Bertz CT molecular complexity index is 979. The van der Waals surface area contributed by atoms with Gasteiger partial charge in [0.25, 0.3) is 5.92 Å². The average molecular weight is 411 g/mol. The molecule has 1 aromatic carbocycles. The van der Waals surface area contributed by atoms with E-state index in [4.69, 9.17) is 11.6 Å². The number of aromatic amines is 1. The van der Waals surface area contributed by atoms with Crippen LogP contribution in [0, 0.1) is 5.82 Å². The van der Waals surface area contributed by atoms with E-state index in [9.17, 15) is 13.2 Å². The minimum atomic E-state index is -2.96. The number of benzene rings is 1. The fourth-order valence-corrected chi connectivity index (χ4v) is 3.59. The highest BCUT2D eigenvalue weighted by atomic mass is 35.5. The number of halogens is 4. The van der Waals surface area contributed by atoms with Crippen LogP contribution in [0.15, 0.2) is 30.7 Å². The zero-order valence-corrected chi connectivity index (χ0v) is 15.6. The lowest BCUT2D eigenvalue weighted by atomic mass is 10.00. The molecule has 0 spiro atoms. The van der Waals surface area contributed by atoms with Crippen molar-refractivity contribution in [1.82, 2.24) is 25.1 Å². The van der Waals surface area contributed by atoms with Gasteiger partial charge in [0.15, 0.2) is 5.65 Å². The van der Waals surface area contributed by atoms with Crippen LogP contribution in [0.2, 0.25) is 5.02 Å². The Labute approximate surface area is 164 Å². The van der Waals surface area contributed by atoms with Crippen LogP contribution < -0.4 is 5.32 Å². The quantitative estimate of drug-likeness (QED) is 0.673. The predicted molar refractivity (Wildman–Crippen MR) is 100 cm³/mol. The maximum Gasteiger partial charge on any atom is 0.280 e. The number of nitrogens with one attached hydrogen (secondary N) is 2. The molecule has 0 unspecified atom stereocenters. The van der Waals surface area contributed by atoms with Gasteiger partial charge in [-0.15, -0.1) is 0 Å². The van der Waals surface area contributed by atoms with E-state index in [1.165, 1.54) is 18.6 Å². The summed E-state index contributed by atoms with van der Waals surface area (Å²) in [6.45, 7) is 0.419. The molecule has 0 amide bonds. The first kappa shape index (κ1) is 18.9. The second-order valence-electron chi connectivity index (χ2n) is 6.86. The minimum absolute atomic E-state index is 0.236. The van der Waals surface area contributed by atoms with Gasteiger partial charge in [0, 0.05) is 18.1 Å². The van der Waals surface area contributed by atoms with E-state index in [0.717, 1.165) is 0 Å². The first-order chi connectivity index (χ1) is 13.4. The highest BCUT2D eigenvalue weighted by Crippen LogP contribution is 2.31. The Balaban J connectivity index is 1.39. The Morgan fingerprint density at radius 3 is 2.96 bits per heavy atom. The van der Waals surface area contributed by atoms with Crippen molar-refractivity contribution in [3.8, 4) is 0 Å². The molecule has 0 bridgehead atoms. The van der Waals surface area contributed by atoms with E-state index < -0.39 is 24.3 Å². The van der Waals surface area contributed by atoms with Crippen molar-refractivity contribution in [2.45, 2.75) is 24.8 Å². The molecule has 6 nitrogen and oxygen atoms in total. The maximum atomic E-state index is 14.7. The first-order valence-corrected chi connectivity index (χ1v) is 9.25. The molecular formula is C18H18ClF3N6. The lowest BCUT2D eigenvalue weighted by Crippen LogP contribution is -2.54. The fraction of sp³-hybridized carbons (Fsp3) is 0.389. The number of piperidine rings is 1. The van der Waals surface area contributed by atoms with E-state index >= 15 is 0 Å². The third-order valence-electron chi connectivity index (χ3n) is 4.95. The van der Waals surface area contributed by atoms with Crippen molar-refractivity contribution in [3.63, 3.8) is 0 Å². The van der Waals surface area contributed by atoms with Gasteiger partial charge < -0.3 is 5.32 Å². The molecule has 148 valence electrons. The monoisotopic (exact) mass is 410 g/mol. The molecule has 10 heteroatoms. The number of alkyl halides is 2. The van der Waals surface area contributed by atoms with E-state index in [1.807, 2.05) is 0 Å². The van der Waals surface area contributed by atoms with Gasteiger partial charge in [-0.1, -0.05) is 17.7 Å². The number of hydrogen-bond acceptors (Lipinski definition) is 5. The molecule has 1 fully saturated rings. The molecule has 2 aromatic heterocycles. The molecule has 0 saturated carbocycles. The number of anilines is 1.